The van der Waals surface area contributed by atoms with Crippen LogP contribution in [0.25, 0.3) is 0 Å². The summed E-state index contributed by atoms with van der Waals surface area (Å²) in [7, 11) is 1.81. The maximum Gasteiger partial charge on any atom is 0.261 e. The van der Waals surface area contributed by atoms with Gasteiger partial charge in [-0.1, -0.05) is 43.0 Å². The lowest BCUT2D eigenvalue weighted by atomic mass is 10.1. The quantitative estimate of drug-likeness (QED) is 0.428. The van der Waals surface area contributed by atoms with E-state index >= 15 is 0 Å². The third-order valence-corrected chi connectivity index (χ3v) is 6.59. The standard InChI is InChI=1S/C25H31N5O3S/c1-6-19-10-12-20(13-11-19)33-18(4)24(32)26-14-22-28-29-25(30(22)5)34-15-23(31)27-21-9-7-8-16(2)17(21)3/h7-13,18H,6,14-15H2,1-5H3,(H,26,32)(H,27,31)/t18-/m0/s1. The van der Waals surface area contributed by atoms with E-state index in [1.165, 1.54) is 17.3 Å². The van der Waals surface area contributed by atoms with Crippen LogP contribution in [-0.4, -0.2) is 38.4 Å². The highest BCUT2D eigenvalue weighted by molar-refractivity contribution is 7.99. The van der Waals surface area contributed by atoms with Gasteiger partial charge in [-0.05, 0) is 62.1 Å². The number of carbonyl (C=O) groups is 2. The summed E-state index contributed by atoms with van der Waals surface area (Å²) in [5.41, 5.74) is 4.20. The molecular formula is C25H31N5O3S. The summed E-state index contributed by atoms with van der Waals surface area (Å²) in [6, 6.07) is 13.5. The Hall–Kier alpha value is -3.33. The molecule has 2 aromatic carbocycles. The fourth-order valence-electron chi connectivity index (χ4n) is 3.20. The van der Waals surface area contributed by atoms with E-state index in [0.29, 0.717) is 16.7 Å². The van der Waals surface area contributed by atoms with Gasteiger partial charge >= 0.3 is 0 Å². The Balaban J connectivity index is 1.48. The van der Waals surface area contributed by atoms with E-state index in [9.17, 15) is 9.59 Å². The molecule has 0 aliphatic rings. The topological polar surface area (TPSA) is 98.1 Å². The average molecular weight is 482 g/mol. The van der Waals surface area contributed by atoms with Crippen LogP contribution >= 0.6 is 11.8 Å². The lowest BCUT2D eigenvalue weighted by molar-refractivity contribution is -0.127. The van der Waals surface area contributed by atoms with Crippen molar-refractivity contribution in [2.45, 2.75) is 51.9 Å². The number of thioether (sulfide) groups is 1. The molecule has 8 nitrogen and oxygen atoms in total. The molecule has 34 heavy (non-hydrogen) atoms. The second-order valence-corrected chi connectivity index (χ2v) is 8.96. The maximum atomic E-state index is 12.5. The number of hydrogen-bond donors (Lipinski definition) is 2. The van der Waals surface area contributed by atoms with Crippen LogP contribution in [0.3, 0.4) is 0 Å². The van der Waals surface area contributed by atoms with Gasteiger partial charge in [0.2, 0.25) is 5.91 Å². The van der Waals surface area contributed by atoms with Crippen LogP contribution in [0.2, 0.25) is 0 Å². The van der Waals surface area contributed by atoms with E-state index in [0.717, 1.165) is 23.2 Å². The first-order chi connectivity index (χ1) is 16.3. The largest absolute Gasteiger partial charge is 0.481 e. The van der Waals surface area contributed by atoms with Gasteiger partial charge in [-0.25, -0.2) is 0 Å². The van der Waals surface area contributed by atoms with Crippen molar-refractivity contribution >= 4 is 29.3 Å². The monoisotopic (exact) mass is 481 g/mol. The second kappa shape index (κ2) is 11.7. The van der Waals surface area contributed by atoms with Gasteiger partial charge in [0.15, 0.2) is 17.1 Å². The second-order valence-electron chi connectivity index (χ2n) is 8.02. The van der Waals surface area contributed by atoms with E-state index in [4.69, 9.17) is 4.74 Å². The molecule has 0 fully saturated rings. The van der Waals surface area contributed by atoms with Crippen LogP contribution in [0.15, 0.2) is 47.6 Å². The van der Waals surface area contributed by atoms with Crippen LogP contribution in [0, 0.1) is 13.8 Å². The Morgan fingerprint density at radius 1 is 1.12 bits per heavy atom. The molecule has 9 heteroatoms. The molecule has 0 unspecified atom stereocenters. The number of aryl methyl sites for hydroxylation is 2. The van der Waals surface area contributed by atoms with E-state index < -0.39 is 6.10 Å². The van der Waals surface area contributed by atoms with Gasteiger partial charge in [-0.2, -0.15) is 0 Å². The molecule has 180 valence electrons. The number of amides is 2. The molecule has 0 radical (unpaired) electrons. The number of rotatable bonds is 10. The van der Waals surface area contributed by atoms with Gasteiger partial charge in [0, 0.05) is 12.7 Å². The summed E-state index contributed by atoms with van der Waals surface area (Å²) in [5, 5.41) is 14.7. The van der Waals surface area contributed by atoms with Crippen molar-refractivity contribution in [2.24, 2.45) is 7.05 Å². The minimum Gasteiger partial charge on any atom is -0.481 e. The van der Waals surface area contributed by atoms with E-state index in [1.807, 2.05) is 63.4 Å². The zero-order valence-electron chi connectivity index (χ0n) is 20.2. The Bertz CT molecular complexity index is 1140. The first kappa shape index (κ1) is 25.3. The summed E-state index contributed by atoms with van der Waals surface area (Å²) in [5.74, 6) is 1.08. The number of aromatic nitrogens is 3. The Kier molecular flexibility index (Phi) is 8.70. The van der Waals surface area contributed by atoms with Gasteiger partial charge < -0.3 is 19.9 Å². The third-order valence-electron chi connectivity index (χ3n) is 5.57. The normalized spacial score (nSPS) is 11.7. The van der Waals surface area contributed by atoms with E-state index in [1.54, 1.807) is 11.5 Å². The highest BCUT2D eigenvalue weighted by Crippen LogP contribution is 2.20. The molecule has 0 bridgehead atoms. The molecule has 1 heterocycles. The summed E-state index contributed by atoms with van der Waals surface area (Å²) in [4.78, 5) is 24.8. The van der Waals surface area contributed by atoms with Crippen molar-refractivity contribution in [3.63, 3.8) is 0 Å². The van der Waals surface area contributed by atoms with Gasteiger partial charge in [0.25, 0.3) is 5.91 Å². The molecule has 0 saturated heterocycles. The van der Waals surface area contributed by atoms with E-state index in [2.05, 4.69) is 27.8 Å². The fourth-order valence-corrected chi connectivity index (χ4v) is 3.93. The minimum absolute atomic E-state index is 0.116. The van der Waals surface area contributed by atoms with Crippen LogP contribution in [0.1, 0.15) is 36.4 Å². The van der Waals surface area contributed by atoms with Crippen molar-refractivity contribution < 1.29 is 14.3 Å². The van der Waals surface area contributed by atoms with Crippen LogP contribution in [-0.2, 0) is 29.6 Å². The first-order valence-corrected chi connectivity index (χ1v) is 12.2. The number of ether oxygens (including phenoxy) is 1. The Labute approximate surface area is 204 Å². The summed E-state index contributed by atoms with van der Waals surface area (Å²) in [6.45, 7) is 7.99. The van der Waals surface area contributed by atoms with Gasteiger partial charge in [-0.3, -0.25) is 9.59 Å². The highest BCUT2D eigenvalue weighted by Gasteiger charge is 2.17. The fraction of sp³-hybridized carbons (Fsp3) is 0.360. The van der Waals surface area contributed by atoms with Gasteiger partial charge in [0.1, 0.15) is 5.75 Å². The summed E-state index contributed by atoms with van der Waals surface area (Å²) >= 11 is 1.29. The molecule has 3 aromatic rings. The van der Waals surface area contributed by atoms with Crippen molar-refractivity contribution in [3.05, 3.63) is 65.0 Å². The van der Waals surface area contributed by atoms with Crippen LogP contribution in [0.4, 0.5) is 5.69 Å². The average Bonchev–Trinajstić information content (AvgIpc) is 3.18. The van der Waals surface area contributed by atoms with Crippen molar-refractivity contribution in [2.75, 3.05) is 11.1 Å². The Morgan fingerprint density at radius 3 is 2.56 bits per heavy atom. The zero-order valence-corrected chi connectivity index (χ0v) is 21.0. The first-order valence-electron chi connectivity index (χ1n) is 11.2. The number of anilines is 1. The summed E-state index contributed by atoms with van der Waals surface area (Å²) in [6.07, 6.45) is 0.300. The SMILES string of the molecule is CCc1ccc(O[C@@H](C)C(=O)NCc2nnc(SCC(=O)Nc3cccc(C)c3C)n2C)cc1. The maximum absolute atomic E-state index is 12.5. The predicted octanol–water partition coefficient (Wildman–Crippen LogP) is 3.81. The van der Waals surface area contributed by atoms with Crippen LogP contribution in [0.5, 0.6) is 5.75 Å². The number of carbonyl (C=O) groups excluding carboxylic acids is 2. The molecular weight excluding hydrogens is 450 g/mol. The molecule has 2 N–H and O–H groups in total. The minimum atomic E-state index is -0.650. The van der Waals surface area contributed by atoms with E-state index in [-0.39, 0.29) is 24.1 Å². The van der Waals surface area contributed by atoms with Gasteiger partial charge in [-0.15, -0.1) is 10.2 Å². The molecule has 0 saturated carbocycles. The number of nitrogens with one attached hydrogen (secondary N) is 2. The number of benzene rings is 2. The molecule has 1 atom stereocenters. The Morgan fingerprint density at radius 2 is 1.85 bits per heavy atom. The number of nitrogens with zero attached hydrogens (tertiary/aromatic N) is 3. The zero-order chi connectivity index (χ0) is 24.7. The molecule has 0 aliphatic heterocycles. The molecule has 3 rings (SSSR count). The smallest absolute Gasteiger partial charge is 0.261 e. The predicted molar refractivity (Wildman–Crippen MR) is 134 cm³/mol. The van der Waals surface area contributed by atoms with Crippen molar-refractivity contribution in [1.29, 1.82) is 0 Å². The molecule has 0 spiro atoms. The van der Waals surface area contributed by atoms with Crippen molar-refractivity contribution in [3.8, 4) is 5.75 Å². The summed E-state index contributed by atoms with van der Waals surface area (Å²) < 4.78 is 7.49. The molecule has 0 aliphatic carbocycles. The lowest BCUT2D eigenvalue weighted by Gasteiger charge is -2.15. The van der Waals surface area contributed by atoms with Gasteiger partial charge in [0.05, 0.1) is 12.3 Å². The van der Waals surface area contributed by atoms with Crippen molar-refractivity contribution in [1.82, 2.24) is 20.1 Å². The number of hydrogen-bond acceptors (Lipinski definition) is 6. The third kappa shape index (κ3) is 6.60. The molecule has 2 amide bonds. The lowest BCUT2D eigenvalue weighted by Crippen LogP contribution is -2.36. The highest BCUT2D eigenvalue weighted by atomic mass is 32.2. The van der Waals surface area contributed by atoms with Crippen LogP contribution < -0.4 is 15.4 Å². The molecule has 1 aromatic heterocycles.